The highest BCUT2D eigenvalue weighted by Crippen LogP contribution is 2.57. The van der Waals surface area contributed by atoms with Crippen LogP contribution in [-0.4, -0.2) is 68.0 Å². The molecule has 1 unspecified atom stereocenters. The highest BCUT2D eigenvalue weighted by atomic mass is 31.2. The summed E-state index contributed by atoms with van der Waals surface area (Å²) in [4.78, 5) is 26.8. The first kappa shape index (κ1) is 32.4. The fourth-order valence-corrected chi connectivity index (χ4v) is 5.56. The maximum atomic E-state index is 15.3. The van der Waals surface area contributed by atoms with Crippen LogP contribution in [0.4, 0.5) is 4.39 Å². The van der Waals surface area contributed by atoms with E-state index in [-0.39, 0.29) is 45.0 Å². The molecule has 1 saturated heterocycles. The minimum atomic E-state index is -4.32. The molecule has 5 atom stereocenters. The second-order valence-electron chi connectivity index (χ2n) is 7.72. The Kier molecular flexibility index (Phi) is 13.4. The van der Waals surface area contributed by atoms with Gasteiger partial charge in [-0.3, -0.25) is 24.4 Å². The van der Waals surface area contributed by atoms with Crippen molar-refractivity contribution in [2.45, 2.75) is 51.7 Å². The Morgan fingerprint density at radius 3 is 2.58 bits per heavy atom. The van der Waals surface area contributed by atoms with Gasteiger partial charge in [0.15, 0.2) is 6.23 Å². The van der Waals surface area contributed by atoms with E-state index in [4.69, 9.17) is 43.1 Å². The largest absolute Gasteiger partial charge is 0.389 e. The quantitative estimate of drug-likeness (QED) is 0.214. The van der Waals surface area contributed by atoms with Crippen molar-refractivity contribution >= 4 is 16.1 Å². The molecule has 2 rings (SSSR count). The SMILES string of the molecule is CCOP(=O)(OCC)/C(F)=C/[C@H]1O[C@@H](n2cc(C)c(=O)[nH]c2=O)[C@H](OCCOC)[C@@H]1OP(N)OCCC#N. The molecule has 1 aliphatic rings. The number of methoxy groups -OCH3 is 1. The molecule has 1 aromatic rings. The summed E-state index contributed by atoms with van der Waals surface area (Å²) in [6.45, 7) is 4.50. The summed E-state index contributed by atoms with van der Waals surface area (Å²) in [6.07, 6.45) is -2.70. The molecule has 3 N–H and O–H groups in total. The third-order valence-electron chi connectivity index (χ3n) is 5.06. The van der Waals surface area contributed by atoms with E-state index in [2.05, 4.69) is 4.98 Å². The number of aryl methyl sites for hydroxylation is 1. The van der Waals surface area contributed by atoms with E-state index in [9.17, 15) is 14.2 Å². The van der Waals surface area contributed by atoms with Crippen LogP contribution in [0.3, 0.4) is 0 Å². The van der Waals surface area contributed by atoms with Crippen LogP contribution in [0, 0.1) is 18.3 Å². The van der Waals surface area contributed by atoms with E-state index in [0.717, 1.165) is 10.6 Å². The second kappa shape index (κ2) is 15.7. The smallest absolute Gasteiger partial charge is 0.382 e. The summed E-state index contributed by atoms with van der Waals surface area (Å²) >= 11 is 0. The van der Waals surface area contributed by atoms with E-state index >= 15 is 4.39 Å². The average molecular weight is 582 g/mol. The average Bonchev–Trinajstić information content (AvgIpc) is 3.18. The molecule has 1 fully saturated rings. The van der Waals surface area contributed by atoms with Gasteiger partial charge >= 0.3 is 13.3 Å². The van der Waals surface area contributed by atoms with Gasteiger partial charge in [-0.2, -0.15) is 9.65 Å². The van der Waals surface area contributed by atoms with Crippen LogP contribution in [0.25, 0.3) is 0 Å². The normalized spacial score (nSPS) is 22.9. The van der Waals surface area contributed by atoms with Gasteiger partial charge in [-0.1, -0.05) is 0 Å². The summed E-state index contributed by atoms with van der Waals surface area (Å²) < 4.78 is 67.6. The predicted molar refractivity (Wildman–Crippen MR) is 134 cm³/mol. The van der Waals surface area contributed by atoms with Crippen LogP contribution in [0.5, 0.6) is 0 Å². The highest BCUT2D eigenvalue weighted by molar-refractivity contribution is 7.58. The number of nitrogens with two attached hydrogens (primary N) is 1. The molecule has 14 nitrogen and oxygen atoms in total. The molecule has 0 radical (unpaired) electrons. The number of hydrogen-bond donors (Lipinski definition) is 2. The molecule has 0 amide bonds. The van der Waals surface area contributed by atoms with Gasteiger partial charge < -0.3 is 32.3 Å². The van der Waals surface area contributed by atoms with Gasteiger partial charge in [-0.05, 0) is 26.8 Å². The third kappa shape index (κ3) is 8.59. The number of rotatable bonds is 16. The first-order valence-electron chi connectivity index (χ1n) is 11.7. The van der Waals surface area contributed by atoms with Crippen LogP contribution < -0.4 is 16.8 Å². The van der Waals surface area contributed by atoms with Gasteiger partial charge in [0.25, 0.3) is 14.1 Å². The molecule has 1 aliphatic heterocycles. The van der Waals surface area contributed by atoms with Crippen molar-refractivity contribution in [3.63, 3.8) is 0 Å². The minimum absolute atomic E-state index is 0.0189. The number of aromatic nitrogens is 2. The zero-order chi connectivity index (χ0) is 28.3. The maximum absolute atomic E-state index is 15.3. The molecule has 2 heterocycles. The van der Waals surface area contributed by atoms with Gasteiger partial charge in [-0.25, -0.2) is 4.79 Å². The number of nitrogens with zero attached hydrogens (tertiary/aromatic N) is 2. The van der Waals surface area contributed by atoms with Crippen LogP contribution in [0.2, 0.25) is 0 Å². The fourth-order valence-electron chi connectivity index (χ4n) is 3.42. The number of nitriles is 1. The molecule has 17 heteroatoms. The zero-order valence-electron chi connectivity index (χ0n) is 21.5. The molecule has 214 valence electrons. The van der Waals surface area contributed by atoms with E-state index in [1.165, 1.54) is 34.1 Å². The van der Waals surface area contributed by atoms with E-state index in [1.807, 2.05) is 6.07 Å². The van der Waals surface area contributed by atoms with Gasteiger partial charge in [0.05, 0.1) is 45.5 Å². The lowest BCUT2D eigenvalue weighted by molar-refractivity contribution is -0.0759. The lowest BCUT2D eigenvalue weighted by Gasteiger charge is -2.26. The molecule has 0 bridgehead atoms. The summed E-state index contributed by atoms with van der Waals surface area (Å²) in [5.74, 6) is 0. The van der Waals surface area contributed by atoms with Gasteiger partial charge in [0, 0.05) is 18.9 Å². The minimum Gasteiger partial charge on any atom is -0.382 e. The molecule has 0 saturated carbocycles. The van der Waals surface area contributed by atoms with Crippen molar-refractivity contribution in [3.8, 4) is 6.07 Å². The van der Waals surface area contributed by atoms with Crippen molar-refractivity contribution in [1.29, 1.82) is 5.26 Å². The van der Waals surface area contributed by atoms with Crippen molar-refractivity contribution in [1.82, 2.24) is 9.55 Å². The summed E-state index contributed by atoms with van der Waals surface area (Å²) in [7, 11) is -4.98. The van der Waals surface area contributed by atoms with Crippen LogP contribution >= 0.6 is 16.1 Å². The van der Waals surface area contributed by atoms with Crippen molar-refractivity contribution in [3.05, 3.63) is 44.2 Å². The van der Waals surface area contributed by atoms with Crippen LogP contribution in [0.15, 0.2) is 27.4 Å². The standard InChI is InChI=1S/C21H33FN4O10P2/c1-5-33-38(29,34-6-2)16(22)12-15-17(36-37(24)32-9-7-8-23)18(31-11-10-30-4)20(35-15)26-13-14(3)19(27)25-21(26)28/h12-13,15,17-18,20H,5-7,9-11,24H2,1-4H3,(H,25,27,28)/b16-12+/t15-,17-,18-,20-,37?/m1/s1. The Morgan fingerprint density at radius 1 is 1.29 bits per heavy atom. The highest BCUT2D eigenvalue weighted by Gasteiger charge is 2.49. The predicted octanol–water partition coefficient (Wildman–Crippen LogP) is 2.35. The molecular formula is C21H33FN4O10P2. The Bertz CT molecular complexity index is 1130. The lowest BCUT2D eigenvalue weighted by Crippen LogP contribution is -2.41. The lowest BCUT2D eigenvalue weighted by atomic mass is 10.1. The van der Waals surface area contributed by atoms with Crippen LogP contribution in [0.1, 0.15) is 32.1 Å². The number of aromatic amines is 1. The topological polar surface area (TPSA) is 186 Å². The van der Waals surface area contributed by atoms with Crippen molar-refractivity contribution in [2.75, 3.05) is 40.1 Å². The third-order valence-corrected chi connectivity index (χ3v) is 7.82. The van der Waals surface area contributed by atoms with Crippen LogP contribution in [-0.2, 0) is 36.9 Å². The zero-order valence-corrected chi connectivity index (χ0v) is 23.3. The molecular weight excluding hydrogens is 549 g/mol. The van der Waals surface area contributed by atoms with Gasteiger partial charge in [0.1, 0.15) is 18.3 Å². The Hall–Kier alpha value is -1.82. The molecule has 0 aliphatic carbocycles. The molecule has 1 aromatic heterocycles. The van der Waals surface area contributed by atoms with Crippen molar-refractivity contribution in [2.24, 2.45) is 5.50 Å². The Labute approximate surface area is 220 Å². The van der Waals surface area contributed by atoms with E-state index in [1.54, 1.807) is 0 Å². The number of ether oxygens (including phenoxy) is 3. The monoisotopic (exact) mass is 582 g/mol. The Morgan fingerprint density at radius 2 is 1.97 bits per heavy atom. The number of halogens is 1. The summed E-state index contributed by atoms with van der Waals surface area (Å²) in [5, 5.41) is 8.75. The number of hydrogen-bond acceptors (Lipinski definition) is 12. The molecule has 0 aromatic carbocycles. The molecule has 38 heavy (non-hydrogen) atoms. The van der Waals surface area contributed by atoms with Gasteiger partial charge in [0.2, 0.25) is 5.57 Å². The number of H-pyrrole nitrogens is 1. The summed E-state index contributed by atoms with van der Waals surface area (Å²) in [5.41, 5.74) is 3.53. The van der Waals surface area contributed by atoms with Gasteiger partial charge in [-0.15, -0.1) is 0 Å². The molecule has 0 spiro atoms. The maximum Gasteiger partial charge on any atom is 0.389 e. The fraction of sp³-hybridized carbons (Fsp3) is 0.667. The van der Waals surface area contributed by atoms with E-state index in [0.29, 0.717) is 0 Å². The van der Waals surface area contributed by atoms with Crippen molar-refractivity contribution < 1.29 is 41.3 Å². The second-order valence-corrected chi connectivity index (χ2v) is 10.7. The summed E-state index contributed by atoms with van der Waals surface area (Å²) in [6, 6.07) is 1.91. The Balaban J connectivity index is 2.55. The first-order chi connectivity index (χ1) is 18.1. The van der Waals surface area contributed by atoms with E-state index < -0.39 is 57.5 Å². The first-order valence-corrected chi connectivity index (χ1v) is 14.5. The number of nitrogens with one attached hydrogen (secondary N) is 1.